The van der Waals surface area contributed by atoms with E-state index in [2.05, 4.69) is 4.90 Å². The third-order valence-corrected chi connectivity index (χ3v) is 6.13. The lowest BCUT2D eigenvalue weighted by Gasteiger charge is -2.39. The van der Waals surface area contributed by atoms with Crippen LogP contribution in [0.3, 0.4) is 0 Å². The molecule has 0 aromatic heterocycles. The molecule has 0 bridgehead atoms. The highest BCUT2D eigenvalue weighted by Crippen LogP contribution is 2.34. The molecule has 5 nitrogen and oxygen atoms in total. The van der Waals surface area contributed by atoms with E-state index in [0.717, 1.165) is 43.7 Å². The average Bonchev–Trinajstić information content (AvgIpc) is 2.87. The number of hydrogen-bond donors (Lipinski definition) is 0. The number of nitrogens with zero attached hydrogens (tertiary/aromatic N) is 2. The van der Waals surface area contributed by atoms with Crippen molar-refractivity contribution in [2.24, 2.45) is 0 Å². The van der Waals surface area contributed by atoms with Gasteiger partial charge < -0.3 is 14.4 Å². The molecule has 0 atom stereocenters. The number of piperidine rings is 1. The summed E-state index contributed by atoms with van der Waals surface area (Å²) in [6.45, 7) is 2.48. The van der Waals surface area contributed by atoms with Crippen molar-refractivity contribution in [3.63, 3.8) is 0 Å². The van der Waals surface area contributed by atoms with E-state index in [0.29, 0.717) is 17.1 Å². The van der Waals surface area contributed by atoms with Gasteiger partial charge in [-0.2, -0.15) is 0 Å². The SMILES string of the molecule is COc1ccc(N(C(=O)c2ccccc2)C2CCN(Cc3ccc(F)cc3)CC2)cc1OC. The Morgan fingerprint density at radius 1 is 0.939 bits per heavy atom. The second kappa shape index (κ2) is 10.5. The van der Waals surface area contributed by atoms with Crippen LogP contribution in [0.1, 0.15) is 28.8 Å². The number of ether oxygens (including phenoxy) is 2. The van der Waals surface area contributed by atoms with Crippen molar-refractivity contribution in [1.82, 2.24) is 4.90 Å². The fraction of sp³-hybridized carbons (Fsp3) is 0.296. The average molecular weight is 449 g/mol. The molecule has 0 radical (unpaired) electrons. The molecular formula is C27H29FN2O3. The van der Waals surface area contributed by atoms with Gasteiger partial charge in [0.25, 0.3) is 5.91 Å². The Morgan fingerprint density at radius 2 is 1.61 bits per heavy atom. The number of rotatable bonds is 7. The lowest BCUT2D eigenvalue weighted by Crippen LogP contribution is -2.47. The Bertz CT molecular complexity index is 1060. The minimum absolute atomic E-state index is 0.0280. The molecule has 1 amide bonds. The van der Waals surface area contributed by atoms with E-state index in [9.17, 15) is 9.18 Å². The van der Waals surface area contributed by atoms with Crippen LogP contribution >= 0.6 is 0 Å². The number of anilines is 1. The molecule has 3 aromatic carbocycles. The van der Waals surface area contributed by atoms with Gasteiger partial charge in [-0.25, -0.2) is 4.39 Å². The molecular weight excluding hydrogens is 419 g/mol. The summed E-state index contributed by atoms with van der Waals surface area (Å²) in [5.74, 6) is 0.972. The molecule has 0 aliphatic carbocycles. The normalized spacial score (nSPS) is 14.6. The van der Waals surface area contributed by atoms with Crippen molar-refractivity contribution >= 4 is 11.6 Å². The van der Waals surface area contributed by atoms with Crippen LogP contribution in [0.2, 0.25) is 0 Å². The fourth-order valence-electron chi connectivity index (χ4n) is 4.37. The van der Waals surface area contributed by atoms with Crippen molar-refractivity contribution < 1.29 is 18.7 Å². The minimum atomic E-state index is -0.220. The molecule has 1 aliphatic rings. The topological polar surface area (TPSA) is 42.0 Å². The number of likely N-dealkylation sites (tertiary alicyclic amines) is 1. The molecule has 1 fully saturated rings. The largest absolute Gasteiger partial charge is 0.493 e. The van der Waals surface area contributed by atoms with Gasteiger partial charge in [-0.15, -0.1) is 0 Å². The quantitative estimate of drug-likeness (QED) is 0.501. The zero-order valence-electron chi connectivity index (χ0n) is 19.0. The van der Waals surface area contributed by atoms with E-state index in [1.54, 1.807) is 14.2 Å². The Morgan fingerprint density at radius 3 is 2.24 bits per heavy atom. The van der Waals surface area contributed by atoms with Gasteiger partial charge in [0.05, 0.1) is 14.2 Å². The summed E-state index contributed by atoms with van der Waals surface area (Å²) in [7, 11) is 3.19. The molecule has 1 saturated heterocycles. The smallest absolute Gasteiger partial charge is 0.258 e. The van der Waals surface area contributed by atoms with Crippen LogP contribution in [0.15, 0.2) is 72.8 Å². The van der Waals surface area contributed by atoms with Crippen molar-refractivity contribution in [1.29, 1.82) is 0 Å². The molecule has 6 heteroatoms. The third kappa shape index (κ3) is 5.34. The summed E-state index contributed by atoms with van der Waals surface area (Å²) < 4.78 is 24.1. The molecule has 3 aromatic rings. The zero-order valence-corrected chi connectivity index (χ0v) is 19.0. The first-order chi connectivity index (χ1) is 16.1. The van der Waals surface area contributed by atoms with Gasteiger partial charge in [0.15, 0.2) is 11.5 Å². The van der Waals surface area contributed by atoms with E-state index in [-0.39, 0.29) is 17.8 Å². The lowest BCUT2D eigenvalue weighted by atomic mass is 10.00. The van der Waals surface area contributed by atoms with Crippen molar-refractivity contribution in [2.45, 2.75) is 25.4 Å². The Balaban J connectivity index is 1.55. The Kier molecular flexibility index (Phi) is 7.25. The van der Waals surface area contributed by atoms with Crippen LogP contribution in [0.25, 0.3) is 0 Å². The Hall–Kier alpha value is -3.38. The summed E-state index contributed by atoms with van der Waals surface area (Å²) in [5, 5.41) is 0. The van der Waals surface area contributed by atoms with Gasteiger partial charge in [-0.1, -0.05) is 30.3 Å². The molecule has 0 unspecified atom stereocenters. The monoisotopic (exact) mass is 448 g/mol. The number of benzene rings is 3. The number of carbonyl (C=O) groups is 1. The summed E-state index contributed by atoms with van der Waals surface area (Å²) in [6.07, 6.45) is 1.68. The predicted molar refractivity (Wildman–Crippen MR) is 127 cm³/mol. The van der Waals surface area contributed by atoms with Gasteiger partial charge >= 0.3 is 0 Å². The summed E-state index contributed by atoms with van der Waals surface area (Å²) in [5.41, 5.74) is 2.53. The van der Waals surface area contributed by atoms with E-state index in [4.69, 9.17) is 9.47 Å². The Labute approximate surface area is 194 Å². The molecule has 172 valence electrons. The third-order valence-electron chi connectivity index (χ3n) is 6.13. The molecule has 33 heavy (non-hydrogen) atoms. The maximum Gasteiger partial charge on any atom is 0.258 e. The van der Waals surface area contributed by atoms with Crippen molar-refractivity contribution in [3.8, 4) is 11.5 Å². The lowest BCUT2D eigenvalue weighted by molar-refractivity contribution is 0.0958. The molecule has 4 rings (SSSR count). The molecule has 1 heterocycles. The highest BCUT2D eigenvalue weighted by Gasteiger charge is 2.30. The van der Waals surface area contributed by atoms with E-state index >= 15 is 0 Å². The maximum absolute atomic E-state index is 13.6. The first-order valence-electron chi connectivity index (χ1n) is 11.2. The summed E-state index contributed by atoms with van der Waals surface area (Å²) in [4.78, 5) is 17.9. The molecule has 0 N–H and O–H groups in total. The second-order valence-electron chi connectivity index (χ2n) is 8.21. The zero-order chi connectivity index (χ0) is 23.2. The van der Waals surface area contributed by atoms with Gasteiger partial charge in [-0.3, -0.25) is 9.69 Å². The van der Waals surface area contributed by atoms with Crippen LogP contribution in [0.4, 0.5) is 10.1 Å². The predicted octanol–water partition coefficient (Wildman–Crippen LogP) is 5.15. The number of amides is 1. The van der Waals surface area contributed by atoms with E-state index in [1.165, 1.54) is 12.1 Å². The minimum Gasteiger partial charge on any atom is -0.493 e. The van der Waals surface area contributed by atoms with Gasteiger partial charge in [-0.05, 0) is 54.8 Å². The summed E-state index contributed by atoms with van der Waals surface area (Å²) in [6, 6.07) is 21.7. The first kappa shape index (κ1) is 22.8. The van der Waals surface area contributed by atoms with E-state index in [1.807, 2.05) is 65.6 Å². The van der Waals surface area contributed by atoms with Crippen molar-refractivity contribution in [2.75, 3.05) is 32.2 Å². The highest BCUT2D eigenvalue weighted by molar-refractivity contribution is 6.06. The van der Waals surface area contributed by atoms with Gasteiger partial charge in [0.2, 0.25) is 0 Å². The van der Waals surface area contributed by atoms with Crippen molar-refractivity contribution in [3.05, 3.63) is 89.7 Å². The molecule has 1 aliphatic heterocycles. The molecule has 0 saturated carbocycles. The molecule has 0 spiro atoms. The van der Waals surface area contributed by atoms with Crippen LogP contribution in [-0.4, -0.2) is 44.2 Å². The van der Waals surface area contributed by atoms with Crippen LogP contribution in [0.5, 0.6) is 11.5 Å². The van der Waals surface area contributed by atoms with Gasteiger partial charge in [0, 0.05) is 43.0 Å². The number of hydrogen-bond acceptors (Lipinski definition) is 4. The van der Waals surface area contributed by atoms with Crippen LogP contribution < -0.4 is 14.4 Å². The number of halogens is 1. The highest BCUT2D eigenvalue weighted by atomic mass is 19.1. The van der Waals surface area contributed by atoms with Crippen LogP contribution in [-0.2, 0) is 6.54 Å². The first-order valence-corrected chi connectivity index (χ1v) is 11.2. The van der Waals surface area contributed by atoms with E-state index < -0.39 is 0 Å². The number of methoxy groups -OCH3 is 2. The second-order valence-corrected chi connectivity index (χ2v) is 8.21. The standard InChI is InChI=1S/C27H29FN2O3/c1-32-25-13-12-24(18-26(25)33-2)30(27(31)21-6-4-3-5-7-21)23-14-16-29(17-15-23)19-20-8-10-22(28)11-9-20/h3-13,18,23H,14-17,19H2,1-2H3. The maximum atomic E-state index is 13.6. The van der Waals surface area contributed by atoms with Crippen LogP contribution in [0, 0.1) is 5.82 Å². The summed E-state index contributed by atoms with van der Waals surface area (Å²) >= 11 is 0. The number of carbonyl (C=O) groups excluding carboxylic acids is 1. The van der Waals surface area contributed by atoms with Gasteiger partial charge in [0.1, 0.15) is 5.82 Å². The fourth-order valence-corrected chi connectivity index (χ4v) is 4.37.